The molecular formula is C18H15N3O3S. The van der Waals surface area contributed by atoms with Gasteiger partial charge in [0, 0.05) is 10.9 Å². The van der Waals surface area contributed by atoms with Crippen molar-refractivity contribution < 1.29 is 14.3 Å². The SMILES string of the molecule is NC(=O)Cc1csc(NC(=O)c2ccc(Oc3ccccc3)cc2)n1. The highest BCUT2D eigenvalue weighted by Gasteiger charge is 2.10. The molecule has 3 aromatic rings. The summed E-state index contributed by atoms with van der Waals surface area (Å²) in [7, 11) is 0. The van der Waals surface area contributed by atoms with Crippen molar-refractivity contribution in [3.8, 4) is 11.5 Å². The summed E-state index contributed by atoms with van der Waals surface area (Å²) in [5.74, 6) is 0.619. The van der Waals surface area contributed by atoms with Gasteiger partial charge in [-0.2, -0.15) is 0 Å². The highest BCUT2D eigenvalue weighted by atomic mass is 32.1. The average molecular weight is 353 g/mol. The summed E-state index contributed by atoms with van der Waals surface area (Å²) in [5, 5.41) is 4.81. The first-order valence-corrected chi connectivity index (χ1v) is 8.35. The maximum absolute atomic E-state index is 12.2. The predicted octanol–water partition coefficient (Wildman–Crippen LogP) is 3.22. The molecule has 0 atom stereocenters. The first-order chi connectivity index (χ1) is 12.1. The van der Waals surface area contributed by atoms with Crippen molar-refractivity contribution in [2.24, 2.45) is 5.73 Å². The van der Waals surface area contributed by atoms with Crippen LogP contribution in [0.4, 0.5) is 5.13 Å². The van der Waals surface area contributed by atoms with Crippen molar-refractivity contribution in [1.82, 2.24) is 4.98 Å². The summed E-state index contributed by atoms with van der Waals surface area (Å²) < 4.78 is 5.69. The monoisotopic (exact) mass is 353 g/mol. The first kappa shape index (κ1) is 16.7. The van der Waals surface area contributed by atoms with Crippen LogP contribution in [0.3, 0.4) is 0 Å². The lowest BCUT2D eigenvalue weighted by Crippen LogP contribution is -2.14. The normalized spacial score (nSPS) is 10.2. The maximum Gasteiger partial charge on any atom is 0.257 e. The lowest BCUT2D eigenvalue weighted by atomic mass is 10.2. The van der Waals surface area contributed by atoms with E-state index in [1.807, 2.05) is 30.3 Å². The third kappa shape index (κ3) is 4.65. The molecule has 0 saturated carbocycles. The van der Waals surface area contributed by atoms with E-state index in [-0.39, 0.29) is 12.3 Å². The van der Waals surface area contributed by atoms with E-state index in [2.05, 4.69) is 10.3 Å². The van der Waals surface area contributed by atoms with E-state index in [1.165, 1.54) is 11.3 Å². The van der Waals surface area contributed by atoms with Gasteiger partial charge in [-0.25, -0.2) is 4.98 Å². The van der Waals surface area contributed by atoms with E-state index < -0.39 is 5.91 Å². The summed E-state index contributed by atoms with van der Waals surface area (Å²) >= 11 is 1.24. The van der Waals surface area contributed by atoms with Gasteiger partial charge in [-0.05, 0) is 36.4 Å². The number of thiazole rings is 1. The third-order valence-corrected chi connectivity index (χ3v) is 4.03. The fraction of sp³-hybridized carbons (Fsp3) is 0.0556. The molecule has 2 aromatic carbocycles. The van der Waals surface area contributed by atoms with Crippen molar-refractivity contribution in [3.05, 3.63) is 71.2 Å². The van der Waals surface area contributed by atoms with Crippen LogP contribution >= 0.6 is 11.3 Å². The molecule has 0 saturated heterocycles. The topological polar surface area (TPSA) is 94.3 Å². The first-order valence-electron chi connectivity index (χ1n) is 7.47. The molecule has 126 valence electrons. The van der Waals surface area contributed by atoms with Gasteiger partial charge < -0.3 is 10.5 Å². The van der Waals surface area contributed by atoms with Gasteiger partial charge in [-0.1, -0.05) is 18.2 Å². The number of primary amides is 1. The largest absolute Gasteiger partial charge is 0.457 e. The Morgan fingerprint density at radius 3 is 2.40 bits per heavy atom. The van der Waals surface area contributed by atoms with Crippen LogP contribution in [-0.2, 0) is 11.2 Å². The van der Waals surface area contributed by atoms with Crippen LogP contribution in [0, 0.1) is 0 Å². The van der Waals surface area contributed by atoms with E-state index in [9.17, 15) is 9.59 Å². The predicted molar refractivity (Wildman–Crippen MR) is 95.9 cm³/mol. The van der Waals surface area contributed by atoms with Crippen LogP contribution in [0.15, 0.2) is 60.0 Å². The molecule has 2 amide bonds. The molecule has 0 unspecified atom stereocenters. The Labute approximate surface area is 148 Å². The minimum absolute atomic E-state index is 0.0535. The van der Waals surface area contributed by atoms with Crippen molar-refractivity contribution in [2.45, 2.75) is 6.42 Å². The molecule has 0 spiro atoms. The number of nitrogens with one attached hydrogen (secondary N) is 1. The number of amides is 2. The highest BCUT2D eigenvalue weighted by molar-refractivity contribution is 7.14. The second-order valence-electron chi connectivity index (χ2n) is 5.18. The highest BCUT2D eigenvalue weighted by Crippen LogP contribution is 2.22. The summed E-state index contributed by atoms with van der Waals surface area (Å²) in [5.41, 5.74) is 6.14. The molecule has 0 bridgehead atoms. The van der Waals surface area contributed by atoms with Crippen LogP contribution in [0.5, 0.6) is 11.5 Å². The lowest BCUT2D eigenvalue weighted by molar-refractivity contribution is -0.117. The van der Waals surface area contributed by atoms with Gasteiger partial charge in [0.2, 0.25) is 5.91 Å². The van der Waals surface area contributed by atoms with E-state index in [0.717, 1.165) is 5.75 Å². The number of anilines is 1. The second kappa shape index (κ2) is 7.59. The number of nitrogens with two attached hydrogens (primary N) is 1. The maximum atomic E-state index is 12.2. The number of hydrogen-bond donors (Lipinski definition) is 2. The lowest BCUT2D eigenvalue weighted by Gasteiger charge is -2.06. The van der Waals surface area contributed by atoms with E-state index in [0.29, 0.717) is 22.1 Å². The standard InChI is InChI=1S/C18H15N3O3S/c19-16(22)10-13-11-25-18(20-13)21-17(23)12-6-8-15(9-7-12)24-14-4-2-1-3-5-14/h1-9,11H,10H2,(H2,19,22)(H,20,21,23). The number of carbonyl (C=O) groups is 2. The molecule has 7 heteroatoms. The van der Waals surface area contributed by atoms with Gasteiger partial charge in [0.1, 0.15) is 11.5 Å². The van der Waals surface area contributed by atoms with Crippen LogP contribution in [0.1, 0.15) is 16.1 Å². The molecule has 0 aliphatic carbocycles. The quantitative estimate of drug-likeness (QED) is 0.711. The molecule has 6 nitrogen and oxygen atoms in total. The van der Waals surface area contributed by atoms with E-state index in [1.54, 1.807) is 29.6 Å². The van der Waals surface area contributed by atoms with Crippen LogP contribution in [-0.4, -0.2) is 16.8 Å². The number of carbonyl (C=O) groups excluding carboxylic acids is 2. The van der Waals surface area contributed by atoms with Gasteiger partial charge in [0.15, 0.2) is 5.13 Å². The van der Waals surface area contributed by atoms with Crippen molar-refractivity contribution in [2.75, 3.05) is 5.32 Å². The third-order valence-electron chi connectivity index (χ3n) is 3.22. The molecule has 0 fully saturated rings. The summed E-state index contributed by atoms with van der Waals surface area (Å²) in [6.07, 6.45) is 0.0535. The fourth-order valence-electron chi connectivity index (χ4n) is 2.09. The van der Waals surface area contributed by atoms with Crippen LogP contribution in [0.25, 0.3) is 0 Å². The van der Waals surface area contributed by atoms with Gasteiger partial charge in [0.25, 0.3) is 5.91 Å². The molecular weight excluding hydrogens is 338 g/mol. The zero-order valence-corrected chi connectivity index (χ0v) is 14.0. The van der Waals surface area contributed by atoms with Gasteiger partial charge >= 0.3 is 0 Å². The molecule has 1 aromatic heterocycles. The molecule has 1 heterocycles. The Kier molecular flexibility index (Phi) is 5.06. The molecule has 0 radical (unpaired) electrons. The number of hydrogen-bond acceptors (Lipinski definition) is 5. The number of benzene rings is 2. The number of para-hydroxylation sites is 1. The molecule has 25 heavy (non-hydrogen) atoms. The minimum atomic E-state index is -0.461. The molecule has 3 N–H and O–H groups in total. The zero-order chi connectivity index (χ0) is 17.6. The van der Waals surface area contributed by atoms with Crippen molar-refractivity contribution in [3.63, 3.8) is 0 Å². The van der Waals surface area contributed by atoms with Gasteiger partial charge in [-0.3, -0.25) is 14.9 Å². The molecule has 0 aliphatic heterocycles. The van der Waals surface area contributed by atoms with Crippen LogP contribution in [0.2, 0.25) is 0 Å². The zero-order valence-electron chi connectivity index (χ0n) is 13.1. The Morgan fingerprint density at radius 2 is 1.72 bits per heavy atom. The number of nitrogens with zero attached hydrogens (tertiary/aromatic N) is 1. The Morgan fingerprint density at radius 1 is 1.04 bits per heavy atom. The minimum Gasteiger partial charge on any atom is -0.457 e. The smallest absolute Gasteiger partial charge is 0.257 e. The average Bonchev–Trinajstić information content (AvgIpc) is 3.02. The van der Waals surface area contributed by atoms with E-state index in [4.69, 9.17) is 10.5 Å². The van der Waals surface area contributed by atoms with Crippen molar-refractivity contribution in [1.29, 1.82) is 0 Å². The Hall–Kier alpha value is -3.19. The Bertz CT molecular complexity index is 876. The number of ether oxygens (including phenoxy) is 1. The summed E-state index contributed by atoms with van der Waals surface area (Å²) in [6.45, 7) is 0. The van der Waals surface area contributed by atoms with E-state index >= 15 is 0 Å². The second-order valence-corrected chi connectivity index (χ2v) is 6.04. The summed E-state index contributed by atoms with van der Waals surface area (Å²) in [4.78, 5) is 27.3. The Balaban J connectivity index is 1.62. The van der Waals surface area contributed by atoms with Crippen molar-refractivity contribution >= 4 is 28.3 Å². The van der Waals surface area contributed by atoms with Gasteiger partial charge in [0.05, 0.1) is 12.1 Å². The van der Waals surface area contributed by atoms with Gasteiger partial charge in [-0.15, -0.1) is 11.3 Å². The molecule has 0 aliphatic rings. The molecule has 3 rings (SSSR count). The number of aromatic nitrogens is 1. The summed E-state index contributed by atoms with van der Waals surface area (Å²) in [6, 6.07) is 16.2. The fourth-order valence-corrected chi connectivity index (χ4v) is 2.80. The van der Waals surface area contributed by atoms with Crippen LogP contribution < -0.4 is 15.8 Å². The number of rotatable bonds is 6.